The van der Waals surface area contributed by atoms with Crippen molar-refractivity contribution in [2.45, 2.75) is 277 Å². The summed E-state index contributed by atoms with van der Waals surface area (Å²) >= 11 is 0. The maximum absolute atomic E-state index is 13.1. The highest BCUT2D eigenvalue weighted by atomic mass is 16.5. The third kappa shape index (κ3) is 37.6. The lowest BCUT2D eigenvalue weighted by Crippen LogP contribution is -2.38. The summed E-state index contributed by atoms with van der Waals surface area (Å²) in [7, 11) is 3.81. The first-order valence-corrected chi connectivity index (χ1v) is 24.0. The van der Waals surface area contributed by atoms with Crippen molar-refractivity contribution in [2.75, 3.05) is 20.7 Å². The van der Waals surface area contributed by atoms with Crippen LogP contribution < -0.4 is 0 Å². The number of carbonyl (C=O) groups excluding carboxylic acids is 2. The van der Waals surface area contributed by atoms with E-state index in [9.17, 15) is 9.59 Å². The SMILES string of the molecule is CCCCCCCCCCCCCCC(CCCCCCCCCCCCCC)OC(=O)CCC(C(=O)OCCCCCCCCCCCC)N(C)C. The maximum atomic E-state index is 13.1. The summed E-state index contributed by atoms with van der Waals surface area (Å²) in [5, 5.41) is 0. The Hall–Kier alpha value is -1.10. The zero-order chi connectivity index (χ0) is 38.9. The highest BCUT2D eigenvalue weighted by molar-refractivity contribution is 5.77. The smallest absolute Gasteiger partial charge is 0.323 e. The fraction of sp³-hybridized carbons (Fsp3) is 0.958. The molecule has 0 aliphatic rings. The fourth-order valence-corrected chi connectivity index (χ4v) is 7.63. The van der Waals surface area contributed by atoms with Gasteiger partial charge >= 0.3 is 11.9 Å². The Balaban J connectivity index is 4.48. The summed E-state index contributed by atoms with van der Waals surface area (Å²) in [5.41, 5.74) is 0. The molecular weight excluding hydrogens is 655 g/mol. The number of unbranched alkanes of at least 4 members (excludes halogenated alkanes) is 31. The van der Waals surface area contributed by atoms with Gasteiger partial charge in [-0.15, -0.1) is 0 Å². The first-order valence-electron chi connectivity index (χ1n) is 24.0. The summed E-state index contributed by atoms with van der Waals surface area (Å²) in [6.45, 7) is 7.31. The number of esters is 2. The van der Waals surface area contributed by atoms with Gasteiger partial charge in [0.1, 0.15) is 12.1 Å². The first-order chi connectivity index (χ1) is 26.0. The molecule has 1 unspecified atom stereocenters. The second-order valence-electron chi connectivity index (χ2n) is 16.8. The molecule has 0 saturated heterocycles. The van der Waals surface area contributed by atoms with Gasteiger partial charge in [0.2, 0.25) is 0 Å². The third-order valence-corrected chi connectivity index (χ3v) is 11.3. The van der Waals surface area contributed by atoms with Crippen molar-refractivity contribution in [3.63, 3.8) is 0 Å². The predicted octanol–water partition coefficient (Wildman–Crippen LogP) is 15.3. The van der Waals surface area contributed by atoms with Gasteiger partial charge in [-0.2, -0.15) is 0 Å². The van der Waals surface area contributed by atoms with Gasteiger partial charge in [-0.1, -0.05) is 220 Å². The van der Waals surface area contributed by atoms with Gasteiger partial charge in [-0.05, 0) is 52.6 Å². The summed E-state index contributed by atoms with van der Waals surface area (Å²) in [4.78, 5) is 27.9. The van der Waals surface area contributed by atoms with E-state index in [4.69, 9.17) is 9.47 Å². The largest absolute Gasteiger partial charge is 0.465 e. The third-order valence-electron chi connectivity index (χ3n) is 11.3. The van der Waals surface area contributed by atoms with E-state index in [1.54, 1.807) is 0 Å². The van der Waals surface area contributed by atoms with Crippen LogP contribution in [-0.2, 0) is 19.1 Å². The molecule has 0 bridgehead atoms. The Labute approximate surface area is 332 Å². The predicted molar refractivity (Wildman–Crippen MR) is 231 cm³/mol. The molecule has 0 aromatic heterocycles. The summed E-state index contributed by atoms with van der Waals surface area (Å²) in [6, 6.07) is -0.406. The van der Waals surface area contributed by atoms with Crippen LogP contribution in [0.25, 0.3) is 0 Å². The van der Waals surface area contributed by atoms with E-state index in [0.717, 1.165) is 38.5 Å². The molecule has 0 aliphatic heterocycles. The zero-order valence-corrected chi connectivity index (χ0v) is 36.8. The van der Waals surface area contributed by atoms with Crippen LogP contribution in [0.2, 0.25) is 0 Å². The highest BCUT2D eigenvalue weighted by Crippen LogP contribution is 2.20. The van der Waals surface area contributed by atoms with E-state index in [2.05, 4.69) is 20.8 Å². The second-order valence-corrected chi connectivity index (χ2v) is 16.8. The lowest BCUT2D eigenvalue weighted by Gasteiger charge is -2.23. The van der Waals surface area contributed by atoms with Gasteiger partial charge in [0.15, 0.2) is 0 Å². The summed E-state index contributed by atoms with van der Waals surface area (Å²) in [5.74, 6) is -0.356. The lowest BCUT2D eigenvalue weighted by molar-refractivity contribution is -0.152. The number of hydrogen-bond acceptors (Lipinski definition) is 5. The van der Waals surface area contributed by atoms with Gasteiger partial charge in [0, 0.05) is 6.42 Å². The molecule has 5 nitrogen and oxygen atoms in total. The normalized spacial score (nSPS) is 12.2. The quantitative estimate of drug-likeness (QED) is 0.0459. The van der Waals surface area contributed by atoms with E-state index < -0.39 is 6.04 Å². The number of carbonyl (C=O) groups is 2. The van der Waals surface area contributed by atoms with Crippen molar-refractivity contribution in [1.82, 2.24) is 4.90 Å². The van der Waals surface area contributed by atoms with Crippen LogP contribution in [0.1, 0.15) is 265 Å². The van der Waals surface area contributed by atoms with Crippen LogP contribution >= 0.6 is 0 Å². The van der Waals surface area contributed by atoms with E-state index >= 15 is 0 Å². The van der Waals surface area contributed by atoms with Crippen LogP contribution in [-0.4, -0.2) is 49.7 Å². The molecule has 0 fully saturated rings. The molecule has 316 valence electrons. The zero-order valence-electron chi connectivity index (χ0n) is 36.8. The molecule has 0 amide bonds. The van der Waals surface area contributed by atoms with E-state index in [0.29, 0.717) is 13.0 Å². The highest BCUT2D eigenvalue weighted by Gasteiger charge is 2.24. The number of rotatable bonds is 43. The maximum Gasteiger partial charge on any atom is 0.323 e. The Morgan fingerprint density at radius 2 is 0.717 bits per heavy atom. The minimum absolute atomic E-state index is 0.00911. The molecule has 1 atom stereocenters. The van der Waals surface area contributed by atoms with Crippen molar-refractivity contribution in [2.24, 2.45) is 0 Å². The van der Waals surface area contributed by atoms with Gasteiger partial charge in [-0.25, -0.2) is 0 Å². The molecule has 0 rings (SSSR count). The van der Waals surface area contributed by atoms with Crippen LogP contribution in [0.5, 0.6) is 0 Å². The van der Waals surface area contributed by atoms with Crippen molar-refractivity contribution in [3.05, 3.63) is 0 Å². The molecule has 53 heavy (non-hydrogen) atoms. The molecule has 0 saturated carbocycles. The van der Waals surface area contributed by atoms with Crippen molar-refractivity contribution in [1.29, 1.82) is 0 Å². The molecule has 0 aromatic carbocycles. The van der Waals surface area contributed by atoms with Crippen molar-refractivity contribution < 1.29 is 19.1 Å². The molecular formula is C48H95NO4. The van der Waals surface area contributed by atoms with Crippen molar-refractivity contribution in [3.8, 4) is 0 Å². The molecule has 0 aliphatic carbocycles. The van der Waals surface area contributed by atoms with Crippen LogP contribution in [0.15, 0.2) is 0 Å². The van der Waals surface area contributed by atoms with Crippen LogP contribution in [0.4, 0.5) is 0 Å². The van der Waals surface area contributed by atoms with Crippen molar-refractivity contribution >= 4 is 11.9 Å². The van der Waals surface area contributed by atoms with E-state index in [-0.39, 0.29) is 24.5 Å². The van der Waals surface area contributed by atoms with Gasteiger partial charge in [-0.3, -0.25) is 14.5 Å². The lowest BCUT2D eigenvalue weighted by atomic mass is 10.0. The summed E-state index contributed by atoms with van der Waals surface area (Å²) < 4.78 is 11.8. The molecule has 0 heterocycles. The van der Waals surface area contributed by atoms with Crippen LogP contribution in [0, 0.1) is 0 Å². The molecule has 0 aromatic rings. The molecule has 5 heteroatoms. The minimum Gasteiger partial charge on any atom is -0.465 e. The number of hydrogen-bond donors (Lipinski definition) is 0. The average molecular weight is 750 g/mol. The Morgan fingerprint density at radius 3 is 1.04 bits per heavy atom. The fourth-order valence-electron chi connectivity index (χ4n) is 7.63. The minimum atomic E-state index is -0.406. The molecule has 0 radical (unpaired) electrons. The number of ether oxygens (including phenoxy) is 2. The van der Waals surface area contributed by atoms with Gasteiger partial charge < -0.3 is 9.47 Å². The topological polar surface area (TPSA) is 55.8 Å². The average Bonchev–Trinajstić information content (AvgIpc) is 3.14. The Morgan fingerprint density at radius 1 is 0.415 bits per heavy atom. The van der Waals surface area contributed by atoms with Gasteiger partial charge in [0.25, 0.3) is 0 Å². The van der Waals surface area contributed by atoms with Crippen LogP contribution in [0.3, 0.4) is 0 Å². The number of nitrogens with zero attached hydrogens (tertiary/aromatic N) is 1. The van der Waals surface area contributed by atoms with E-state index in [1.807, 2.05) is 19.0 Å². The first kappa shape index (κ1) is 51.9. The number of likely N-dealkylation sites (N-methyl/N-ethyl adjacent to an activating group) is 1. The van der Waals surface area contributed by atoms with Gasteiger partial charge in [0.05, 0.1) is 6.61 Å². The molecule has 0 spiro atoms. The monoisotopic (exact) mass is 750 g/mol. The van der Waals surface area contributed by atoms with E-state index in [1.165, 1.54) is 193 Å². The standard InChI is InChI=1S/C48H95NO4/c1-6-9-12-15-18-21-24-26-28-31-34-37-40-45(41-38-35-32-29-27-25-22-19-16-13-10-7-2)53-47(50)43-42-46(49(4)5)48(51)52-44-39-36-33-30-23-20-17-14-11-8-3/h45-46H,6-44H2,1-5H3. The Bertz CT molecular complexity index is 728. The Kier molecular flexibility index (Phi) is 41.2. The second kappa shape index (κ2) is 42.1. The molecule has 0 N–H and O–H groups in total. The summed E-state index contributed by atoms with van der Waals surface area (Å²) in [6.07, 6.45) is 47.4.